The molecule has 2 heterocycles. The van der Waals surface area contributed by atoms with Gasteiger partial charge in [0.15, 0.2) is 28.4 Å². The molecule has 0 saturated carbocycles. The third-order valence-electron chi connectivity index (χ3n) is 5.95. The van der Waals surface area contributed by atoms with Crippen LogP contribution in [-0.2, 0) is 17.0 Å². The first-order valence-electron chi connectivity index (χ1n) is 11.7. The zero-order valence-corrected chi connectivity index (χ0v) is 20.8. The van der Waals surface area contributed by atoms with Crippen molar-refractivity contribution in [3.05, 3.63) is 95.8 Å². The Labute approximate surface area is 216 Å². The fraction of sp³-hybridized carbons (Fsp3) is 0.179. The molecule has 37 heavy (non-hydrogen) atoms. The van der Waals surface area contributed by atoms with Crippen LogP contribution in [0.25, 0.3) is 33.5 Å². The highest BCUT2D eigenvalue weighted by atomic mass is 32.2. The van der Waals surface area contributed by atoms with Crippen molar-refractivity contribution in [2.45, 2.75) is 23.9 Å². The molecule has 188 valence electrons. The van der Waals surface area contributed by atoms with E-state index in [0.717, 1.165) is 33.8 Å². The molecule has 0 aliphatic heterocycles. The number of pyridine rings is 1. The minimum absolute atomic E-state index is 0.0533. The van der Waals surface area contributed by atoms with E-state index in [1.807, 2.05) is 65.2 Å². The summed E-state index contributed by atoms with van der Waals surface area (Å²) in [7, 11) is 1.64. The second kappa shape index (κ2) is 11.1. The van der Waals surface area contributed by atoms with Crippen LogP contribution >= 0.6 is 11.8 Å². The van der Waals surface area contributed by atoms with Crippen molar-refractivity contribution in [1.82, 2.24) is 19.7 Å². The molecule has 5 aromatic rings. The van der Waals surface area contributed by atoms with Crippen LogP contribution in [0.15, 0.2) is 78.0 Å². The van der Waals surface area contributed by atoms with Gasteiger partial charge in [-0.2, -0.15) is 0 Å². The number of ether oxygens (including phenoxy) is 1. The number of hydrogen-bond acceptors (Lipinski definition) is 5. The topological polar surface area (TPSA) is 52.8 Å². The molecule has 5 rings (SSSR count). The van der Waals surface area contributed by atoms with Gasteiger partial charge < -0.3 is 9.30 Å². The minimum Gasteiger partial charge on any atom is -0.385 e. The van der Waals surface area contributed by atoms with Crippen LogP contribution in [0, 0.1) is 17.5 Å². The Kier molecular flexibility index (Phi) is 7.52. The number of thioether (sulfide) groups is 1. The maximum absolute atomic E-state index is 14.3. The van der Waals surface area contributed by atoms with E-state index in [1.165, 1.54) is 17.8 Å². The van der Waals surface area contributed by atoms with Crippen LogP contribution in [0.5, 0.6) is 0 Å². The molecule has 0 atom stereocenters. The van der Waals surface area contributed by atoms with Gasteiger partial charge >= 0.3 is 0 Å². The molecule has 0 amide bonds. The average Bonchev–Trinajstić information content (AvgIpc) is 3.33. The van der Waals surface area contributed by atoms with E-state index in [0.29, 0.717) is 30.6 Å². The molecule has 3 aromatic carbocycles. The molecule has 0 spiro atoms. The van der Waals surface area contributed by atoms with Gasteiger partial charge in [-0.05, 0) is 24.6 Å². The van der Waals surface area contributed by atoms with Crippen molar-refractivity contribution in [3.8, 4) is 22.6 Å². The number of halogens is 3. The molecule has 0 fully saturated rings. The Hall–Kier alpha value is -3.69. The molecule has 2 aromatic heterocycles. The number of fused-ring (bicyclic) bond motifs is 1. The molecule has 0 radical (unpaired) electrons. The summed E-state index contributed by atoms with van der Waals surface area (Å²) in [5.74, 6) is -3.17. The van der Waals surface area contributed by atoms with E-state index in [1.54, 1.807) is 7.11 Å². The summed E-state index contributed by atoms with van der Waals surface area (Å²) in [5.41, 5.74) is 3.52. The Morgan fingerprint density at radius 1 is 0.892 bits per heavy atom. The summed E-state index contributed by atoms with van der Waals surface area (Å²) in [6, 6.07) is 21.9. The summed E-state index contributed by atoms with van der Waals surface area (Å²) in [4.78, 5) is 4.85. The number of para-hydroxylation sites is 1. The van der Waals surface area contributed by atoms with Gasteiger partial charge in [0.05, 0.1) is 11.2 Å². The van der Waals surface area contributed by atoms with E-state index in [-0.39, 0.29) is 11.3 Å². The summed E-state index contributed by atoms with van der Waals surface area (Å²) in [5, 5.41) is 10.4. The normalized spacial score (nSPS) is 11.4. The van der Waals surface area contributed by atoms with Gasteiger partial charge in [0.2, 0.25) is 0 Å². The highest BCUT2D eigenvalue weighted by Gasteiger charge is 2.20. The van der Waals surface area contributed by atoms with E-state index in [2.05, 4.69) is 10.2 Å². The van der Waals surface area contributed by atoms with Crippen molar-refractivity contribution >= 4 is 22.7 Å². The lowest BCUT2D eigenvalue weighted by Crippen LogP contribution is -2.06. The zero-order valence-electron chi connectivity index (χ0n) is 20.0. The van der Waals surface area contributed by atoms with Gasteiger partial charge in [0, 0.05) is 48.1 Å². The lowest BCUT2D eigenvalue weighted by Gasteiger charge is -2.13. The van der Waals surface area contributed by atoms with E-state index < -0.39 is 17.5 Å². The molecule has 0 unspecified atom stereocenters. The number of methoxy groups -OCH3 is 1. The summed E-state index contributed by atoms with van der Waals surface area (Å²) in [6.07, 6.45) is 0.698. The van der Waals surface area contributed by atoms with Gasteiger partial charge in [-0.15, -0.1) is 10.2 Å². The van der Waals surface area contributed by atoms with Crippen LogP contribution in [0.4, 0.5) is 13.2 Å². The lowest BCUT2D eigenvalue weighted by molar-refractivity contribution is 0.189. The fourth-order valence-corrected chi connectivity index (χ4v) is 5.04. The Morgan fingerprint density at radius 2 is 1.68 bits per heavy atom. The van der Waals surface area contributed by atoms with Crippen molar-refractivity contribution in [2.75, 3.05) is 13.7 Å². The SMILES string of the molecule is COCCCn1c(SCc2ccc(F)c(F)c2F)nnc1-c1cc(-c2ccccc2)nc2ccccc12. The van der Waals surface area contributed by atoms with Crippen molar-refractivity contribution in [2.24, 2.45) is 0 Å². The quantitative estimate of drug-likeness (QED) is 0.120. The predicted molar refractivity (Wildman–Crippen MR) is 139 cm³/mol. The molecule has 0 aliphatic carbocycles. The predicted octanol–water partition coefficient (Wildman–Crippen LogP) is 6.91. The largest absolute Gasteiger partial charge is 0.385 e. The fourth-order valence-electron chi connectivity index (χ4n) is 4.10. The third kappa shape index (κ3) is 5.23. The zero-order chi connectivity index (χ0) is 25.8. The second-order valence-electron chi connectivity index (χ2n) is 8.37. The first-order chi connectivity index (χ1) is 18.1. The molecule has 0 aliphatic rings. The Balaban J connectivity index is 1.58. The Morgan fingerprint density at radius 3 is 2.49 bits per heavy atom. The van der Waals surface area contributed by atoms with E-state index in [4.69, 9.17) is 9.72 Å². The molecular formula is C28H23F3N4OS. The first-order valence-corrected chi connectivity index (χ1v) is 12.7. The van der Waals surface area contributed by atoms with Crippen LogP contribution in [0.1, 0.15) is 12.0 Å². The highest BCUT2D eigenvalue weighted by Crippen LogP contribution is 2.34. The molecule has 0 bridgehead atoms. The molecule has 9 heteroatoms. The number of rotatable bonds is 9. The maximum Gasteiger partial charge on any atom is 0.194 e. The van der Waals surface area contributed by atoms with Crippen LogP contribution in [0.3, 0.4) is 0 Å². The first kappa shape index (κ1) is 25.0. The standard InChI is InChI=1S/C28H23F3N4OS/c1-36-15-7-14-35-27(33-34-28(35)37-17-19-12-13-22(29)26(31)25(19)30)21-16-24(18-8-3-2-4-9-18)32-23-11-6-5-10-20(21)23/h2-6,8-13,16H,7,14-15,17H2,1H3. The number of benzene rings is 3. The number of nitrogens with zero attached hydrogens (tertiary/aromatic N) is 4. The van der Waals surface area contributed by atoms with Crippen LogP contribution in [0.2, 0.25) is 0 Å². The third-order valence-corrected chi connectivity index (χ3v) is 6.96. The van der Waals surface area contributed by atoms with E-state index in [9.17, 15) is 13.2 Å². The minimum atomic E-state index is -1.47. The molecular weight excluding hydrogens is 497 g/mol. The van der Waals surface area contributed by atoms with Gasteiger partial charge in [0.1, 0.15) is 0 Å². The summed E-state index contributed by atoms with van der Waals surface area (Å²) >= 11 is 1.21. The van der Waals surface area contributed by atoms with Crippen molar-refractivity contribution in [3.63, 3.8) is 0 Å². The lowest BCUT2D eigenvalue weighted by atomic mass is 10.0. The van der Waals surface area contributed by atoms with Gasteiger partial charge in [0.25, 0.3) is 0 Å². The van der Waals surface area contributed by atoms with Gasteiger partial charge in [-0.25, -0.2) is 18.2 Å². The van der Waals surface area contributed by atoms with Crippen molar-refractivity contribution < 1.29 is 17.9 Å². The molecule has 5 nitrogen and oxygen atoms in total. The monoisotopic (exact) mass is 520 g/mol. The molecule has 0 saturated heterocycles. The highest BCUT2D eigenvalue weighted by molar-refractivity contribution is 7.98. The maximum atomic E-state index is 14.3. The summed E-state index contributed by atoms with van der Waals surface area (Å²) < 4.78 is 48.6. The van der Waals surface area contributed by atoms with Crippen molar-refractivity contribution in [1.29, 1.82) is 0 Å². The number of aromatic nitrogens is 4. The summed E-state index contributed by atoms with van der Waals surface area (Å²) in [6.45, 7) is 1.09. The van der Waals surface area contributed by atoms with Gasteiger partial charge in [-0.3, -0.25) is 0 Å². The number of hydrogen-bond donors (Lipinski definition) is 0. The second-order valence-corrected chi connectivity index (χ2v) is 9.31. The van der Waals surface area contributed by atoms with Gasteiger partial charge in [-0.1, -0.05) is 66.4 Å². The Bertz CT molecular complexity index is 1540. The van der Waals surface area contributed by atoms with Crippen LogP contribution < -0.4 is 0 Å². The molecule has 0 N–H and O–H groups in total. The average molecular weight is 521 g/mol. The van der Waals surface area contributed by atoms with E-state index >= 15 is 0 Å². The van der Waals surface area contributed by atoms with Crippen LogP contribution in [-0.4, -0.2) is 33.5 Å². The smallest absolute Gasteiger partial charge is 0.194 e.